The number of aliphatic hydroxyl groups is 1. The fourth-order valence-electron chi connectivity index (χ4n) is 7.01. The number of carbonyl (C=O) groups excluding carboxylic acids is 2. The summed E-state index contributed by atoms with van der Waals surface area (Å²) in [4.78, 5) is 40.4. The molecule has 0 aliphatic carbocycles. The van der Waals surface area contributed by atoms with Crippen molar-refractivity contribution in [1.82, 2.24) is 9.97 Å². The molecule has 5 atom stereocenters. The first-order chi connectivity index (χ1) is 19.7. The highest BCUT2D eigenvalue weighted by Crippen LogP contribution is 2.62. The molecule has 1 N–H and O–H groups in total. The van der Waals surface area contributed by atoms with E-state index in [0.717, 1.165) is 18.8 Å². The Morgan fingerprint density at radius 2 is 1.83 bits per heavy atom. The lowest BCUT2D eigenvalue weighted by Gasteiger charge is -2.33. The zero-order valence-electron chi connectivity index (χ0n) is 23.6. The minimum absolute atomic E-state index is 0.182. The number of hydrogen-bond donors (Lipinski definition) is 1. The molecule has 0 radical (unpaired) electrons. The molecular formula is C31H33N5O5. The predicted octanol–water partition coefficient (Wildman–Crippen LogP) is 3.52. The van der Waals surface area contributed by atoms with Crippen LogP contribution in [0, 0.1) is 30.1 Å². The van der Waals surface area contributed by atoms with Gasteiger partial charge in [0.15, 0.2) is 0 Å². The number of fused-ring (bicyclic) bond motifs is 6. The van der Waals surface area contributed by atoms with Crippen LogP contribution in [-0.2, 0) is 14.3 Å². The van der Waals surface area contributed by atoms with E-state index in [0.29, 0.717) is 40.3 Å². The van der Waals surface area contributed by atoms with Crippen LogP contribution in [0.3, 0.4) is 0 Å². The van der Waals surface area contributed by atoms with Crippen molar-refractivity contribution in [3.8, 4) is 11.9 Å². The molecule has 2 aromatic carbocycles. The van der Waals surface area contributed by atoms with Crippen molar-refractivity contribution in [2.75, 3.05) is 29.5 Å². The summed E-state index contributed by atoms with van der Waals surface area (Å²) in [5, 5.41) is 22.0. The third-order valence-corrected chi connectivity index (χ3v) is 9.02. The molecule has 212 valence electrons. The molecule has 2 bridgehead atoms. The van der Waals surface area contributed by atoms with Crippen LogP contribution in [0.25, 0.3) is 10.8 Å². The van der Waals surface area contributed by atoms with E-state index in [1.165, 1.54) is 4.90 Å². The zero-order chi connectivity index (χ0) is 29.1. The minimum atomic E-state index is -1.20. The molecule has 4 heterocycles. The first-order valence-corrected chi connectivity index (χ1v) is 14.1. The highest BCUT2D eigenvalue weighted by atomic mass is 16.6. The number of rotatable bonds is 8. The summed E-state index contributed by atoms with van der Waals surface area (Å²) in [6.45, 7) is 9.38. The van der Waals surface area contributed by atoms with Gasteiger partial charge in [-0.1, -0.05) is 24.3 Å². The topological polar surface area (TPSA) is 129 Å². The Morgan fingerprint density at radius 3 is 2.54 bits per heavy atom. The lowest BCUT2D eigenvalue weighted by molar-refractivity contribution is -0.134. The van der Waals surface area contributed by atoms with Crippen molar-refractivity contribution in [1.29, 1.82) is 5.26 Å². The van der Waals surface area contributed by atoms with Crippen molar-refractivity contribution in [2.45, 2.75) is 57.8 Å². The van der Waals surface area contributed by atoms with Crippen LogP contribution >= 0.6 is 0 Å². The Balaban J connectivity index is 1.30. The van der Waals surface area contributed by atoms with E-state index < -0.39 is 35.0 Å². The lowest BCUT2D eigenvalue weighted by atomic mass is 9.66. The number of hydrogen-bond acceptors (Lipinski definition) is 9. The third-order valence-electron chi connectivity index (χ3n) is 9.02. The Bertz CT molecular complexity index is 1600. The second-order valence-corrected chi connectivity index (χ2v) is 11.2. The van der Waals surface area contributed by atoms with E-state index >= 15 is 0 Å². The molecule has 3 aliphatic heterocycles. The molecule has 2 amide bonds. The van der Waals surface area contributed by atoms with Crippen LogP contribution in [0.5, 0.6) is 5.88 Å². The van der Waals surface area contributed by atoms with Crippen molar-refractivity contribution >= 4 is 34.2 Å². The normalized spacial score (nSPS) is 28.3. The number of nitriles is 1. The van der Waals surface area contributed by atoms with Crippen LogP contribution in [0.15, 0.2) is 42.5 Å². The quantitative estimate of drug-likeness (QED) is 0.415. The van der Waals surface area contributed by atoms with Gasteiger partial charge in [-0.2, -0.15) is 10.2 Å². The Hall–Kier alpha value is -4.07. The van der Waals surface area contributed by atoms with E-state index in [9.17, 15) is 20.0 Å². The highest BCUT2D eigenvalue weighted by Gasteiger charge is 2.77. The van der Waals surface area contributed by atoms with Gasteiger partial charge >= 0.3 is 0 Å². The van der Waals surface area contributed by atoms with Crippen LogP contribution in [0.4, 0.5) is 11.6 Å². The summed E-state index contributed by atoms with van der Waals surface area (Å²) in [6, 6.07) is 14.5. The maximum absolute atomic E-state index is 14.1. The fourth-order valence-corrected chi connectivity index (χ4v) is 7.01. The van der Waals surface area contributed by atoms with Gasteiger partial charge in [-0.15, -0.1) is 0 Å². The summed E-state index contributed by atoms with van der Waals surface area (Å²) < 4.78 is 12.5. The molecule has 1 aromatic heterocycles. The smallest absolute Gasteiger partial charge is 0.240 e. The molecule has 0 unspecified atom stereocenters. The Labute approximate surface area is 238 Å². The summed E-state index contributed by atoms with van der Waals surface area (Å²) in [5.74, 6) is -1.33. The van der Waals surface area contributed by atoms with Gasteiger partial charge in [0.2, 0.25) is 23.6 Å². The lowest BCUT2D eigenvalue weighted by Crippen LogP contribution is -2.49. The van der Waals surface area contributed by atoms with E-state index in [4.69, 9.17) is 9.47 Å². The molecule has 41 heavy (non-hydrogen) atoms. The number of aromatic nitrogens is 2. The maximum Gasteiger partial charge on any atom is 0.240 e. The van der Waals surface area contributed by atoms with Gasteiger partial charge in [0.05, 0.1) is 47.5 Å². The number of amides is 2. The number of ether oxygens (including phenoxy) is 2. The van der Waals surface area contributed by atoms with E-state index in [2.05, 4.69) is 16.0 Å². The molecule has 0 spiro atoms. The van der Waals surface area contributed by atoms with Crippen molar-refractivity contribution < 1.29 is 24.2 Å². The monoisotopic (exact) mass is 555 g/mol. The van der Waals surface area contributed by atoms with Gasteiger partial charge in [-0.25, -0.2) is 9.88 Å². The number of imide groups is 1. The molecule has 0 saturated carbocycles. The zero-order valence-corrected chi connectivity index (χ0v) is 23.6. The fraction of sp³-hybridized carbons (Fsp3) is 0.452. The van der Waals surface area contributed by atoms with Gasteiger partial charge in [-0.3, -0.25) is 9.59 Å². The van der Waals surface area contributed by atoms with Gasteiger partial charge < -0.3 is 19.5 Å². The Morgan fingerprint density at radius 1 is 1.12 bits per heavy atom. The van der Waals surface area contributed by atoms with Crippen LogP contribution in [-0.4, -0.2) is 63.9 Å². The van der Waals surface area contributed by atoms with Gasteiger partial charge in [-0.05, 0) is 39.8 Å². The number of carbonyl (C=O) groups is 2. The van der Waals surface area contributed by atoms with Crippen LogP contribution in [0.1, 0.15) is 44.9 Å². The molecule has 6 rings (SSSR count). The second kappa shape index (κ2) is 9.79. The largest absolute Gasteiger partial charge is 0.477 e. The second-order valence-electron chi connectivity index (χ2n) is 11.2. The average molecular weight is 556 g/mol. The third kappa shape index (κ3) is 3.98. The number of benzene rings is 2. The molecule has 3 saturated heterocycles. The first-order valence-electron chi connectivity index (χ1n) is 14.1. The Kier molecular flexibility index (Phi) is 6.47. The average Bonchev–Trinajstić information content (AvgIpc) is 3.49. The van der Waals surface area contributed by atoms with Gasteiger partial charge in [0.1, 0.15) is 5.60 Å². The van der Waals surface area contributed by atoms with Gasteiger partial charge in [0, 0.05) is 48.5 Å². The molecular weight excluding hydrogens is 522 g/mol. The molecule has 10 nitrogen and oxygen atoms in total. The summed E-state index contributed by atoms with van der Waals surface area (Å²) in [5.41, 5.74) is -0.582. The van der Waals surface area contributed by atoms with Crippen molar-refractivity contribution in [2.24, 2.45) is 11.8 Å². The minimum Gasteiger partial charge on any atom is -0.477 e. The van der Waals surface area contributed by atoms with E-state index in [1.807, 2.05) is 43.9 Å². The summed E-state index contributed by atoms with van der Waals surface area (Å²) in [6.07, 6.45) is -0.387. The number of aryl methyl sites for hydroxylation is 1. The molecule has 3 aliphatic rings. The number of anilines is 2. The maximum atomic E-state index is 14.1. The molecule has 3 fully saturated rings. The van der Waals surface area contributed by atoms with Crippen LogP contribution < -0.4 is 14.5 Å². The van der Waals surface area contributed by atoms with Crippen LogP contribution in [0.2, 0.25) is 0 Å². The van der Waals surface area contributed by atoms with Crippen molar-refractivity contribution in [3.05, 3.63) is 53.7 Å². The SMILES string of the molecule is CCN(CC)c1nc(C)cc(OCC[C@]23C[C@H](O)[C@](C)(O2)[C@@H]2C(=O)N(c4ccc(C#N)c5ccccc45)C(=O)[C@@H]23)n1. The summed E-state index contributed by atoms with van der Waals surface area (Å²) in [7, 11) is 0. The summed E-state index contributed by atoms with van der Waals surface area (Å²) >= 11 is 0. The van der Waals surface area contributed by atoms with E-state index in [1.54, 1.807) is 31.2 Å². The van der Waals surface area contributed by atoms with E-state index in [-0.39, 0.29) is 18.9 Å². The predicted molar refractivity (Wildman–Crippen MR) is 151 cm³/mol. The standard InChI is InChI=1S/C31H33N5O5/c1-5-35(6-2)29-33-18(3)15-24(34-29)40-14-13-31-16-23(37)30(4,41-31)25-26(31)28(39)36(27(25)38)22-12-11-19(17-32)20-9-7-8-10-21(20)22/h7-12,15,23,25-26,37H,5-6,13-14,16H2,1-4H3/t23-,25-,26+,30-,31+/m0/s1. The van der Waals surface area contributed by atoms with Crippen molar-refractivity contribution in [3.63, 3.8) is 0 Å². The number of aliphatic hydroxyl groups excluding tert-OH is 1. The first kappa shape index (κ1) is 27.1. The molecule has 10 heteroatoms. The highest BCUT2D eigenvalue weighted by molar-refractivity contribution is 6.26. The van der Waals surface area contributed by atoms with Gasteiger partial charge in [0.25, 0.3) is 0 Å². The molecule has 3 aromatic rings. The number of nitrogens with zero attached hydrogens (tertiary/aromatic N) is 5.